The van der Waals surface area contributed by atoms with E-state index in [2.05, 4.69) is 77.3 Å². The molecule has 0 aliphatic heterocycles. The van der Waals surface area contributed by atoms with Crippen LogP contribution in [0, 0.1) is 6.92 Å². The van der Waals surface area contributed by atoms with E-state index in [1.807, 2.05) is 6.07 Å². The Bertz CT molecular complexity index is 554. The van der Waals surface area contributed by atoms with Crippen LogP contribution in [0.15, 0.2) is 53.0 Å². The van der Waals surface area contributed by atoms with Crippen molar-refractivity contribution < 1.29 is 0 Å². The Morgan fingerprint density at radius 3 is 2.45 bits per heavy atom. The molecular weight excluding hydrogens is 312 g/mol. The zero-order valence-electron chi connectivity index (χ0n) is 12.0. The minimum Gasteiger partial charge on any atom is -0.329 e. The monoisotopic (exact) mass is 332 g/mol. The first-order valence-corrected chi connectivity index (χ1v) is 7.61. The van der Waals surface area contributed by atoms with Crippen molar-refractivity contribution in [1.29, 1.82) is 0 Å². The van der Waals surface area contributed by atoms with Gasteiger partial charge in [-0.1, -0.05) is 58.4 Å². The highest BCUT2D eigenvalue weighted by molar-refractivity contribution is 9.10. The summed E-state index contributed by atoms with van der Waals surface area (Å²) in [6.45, 7) is 3.59. The number of likely N-dealkylation sites (N-methyl/N-ethyl adjacent to an activating group) is 1. The first kappa shape index (κ1) is 15.2. The Kier molecular flexibility index (Phi) is 5.35. The second-order valence-corrected chi connectivity index (χ2v) is 6.03. The predicted molar refractivity (Wildman–Crippen MR) is 88.6 cm³/mol. The summed E-state index contributed by atoms with van der Waals surface area (Å²) in [4.78, 5) is 2.30. The maximum atomic E-state index is 6.00. The van der Waals surface area contributed by atoms with Crippen LogP contribution in [-0.4, -0.2) is 18.5 Å². The average molecular weight is 333 g/mol. The number of nitrogens with two attached hydrogens (primary N) is 1. The van der Waals surface area contributed by atoms with E-state index in [0.29, 0.717) is 6.54 Å². The van der Waals surface area contributed by atoms with Crippen LogP contribution >= 0.6 is 15.9 Å². The first-order chi connectivity index (χ1) is 9.61. The average Bonchev–Trinajstić information content (AvgIpc) is 2.43. The molecule has 0 spiro atoms. The molecule has 0 aromatic heterocycles. The number of benzene rings is 2. The number of aryl methyl sites for hydroxylation is 1. The van der Waals surface area contributed by atoms with Gasteiger partial charge in [0.25, 0.3) is 0 Å². The Morgan fingerprint density at radius 2 is 1.85 bits per heavy atom. The topological polar surface area (TPSA) is 29.3 Å². The fourth-order valence-corrected chi connectivity index (χ4v) is 3.19. The number of hydrogen-bond donors (Lipinski definition) is 1. The third-order valence-electron chi connectivity index (χ3n) is 3.55. The largest absolute Gasteiger partial charge is 0.329 e. The van der Waals surface area contributed by atoms with Gasteiger partial charge in [-0.3, -0.25) is 4.90 Å². The molecule has 1 unspecified atom stereocenters. The van der Waals surface area contributed by atoms with Crippen LogP contribution in [0.1, 0.15) is 22.7 Å². The van der Waals surface area contributed by atoms with Gasteiger partial charge < -0.3 is 5.73 Å². The van der Waals surface area contributed by atoms with Crippen LogP contribution in [0.25, 0.3) is 0 Å². The lowest BCUT2D eigenvalue weighted by Crippen LogP contribution is -2.30. The summed E-state index contributed by atoms with van der Waals surface area (Å²) in [5.41, 5.74) is 9.81. The molecule has 0 aliphatic carbocycles. The molecule has 3 heteroatoms. The Hall–Kier alpha value is -1.16. The standard InChI is InChI=1S/C17H21BrN2/c1-13-8-9-15(16(18)10-13)17(11-19)20(2)12-14-6-4-3-5-7-14/h3-10,17H,11-12,19H2,1-2H3. The first-order valence-electron chi connectivity index (χ1n) is 6.82. The molecule has 2 nitrogen and oxygen atoms in total. The van der Waals surface area contributed by atoms with Crippen LogP contribution < -0.4 is 5.73 Å². The molecule has 0 bridgehead atoms. The van der Waals surface area contributed by atoms with Crippen molar-refractivity contribution in [3.8, 4) is 0 Å². The molecule has 0 radical (unpaired) electrons. The lowest BCUT2D eigenvalue weighted by molar-refractivity contribution is 0.241. The van der Waals surface area contributed by atoms with E-state index in [1.165, 1.54) is 16.7 Å². The molecule has 20 heavy (non-hydrogen) atoms. The zero-order chi connectivity index (χ0) is 14.5. The maximum Gasteiger partial charge on any atom is 0.0482 e. The summed E-state index contributed by atoms with van der Waals surface area (Å²) in [5, 5.41) is 0. The lowest BCUT2D eigenvalue weighted by Gasteiger charge is -2.28. The predicted octanol–water partition coefficient (Wildman–Crippen LogP) is 3.89. The summed E-state index contributed by atoms with van der Waals surface area (Å²) in [6, 6.07) is 17.1. The molecule has 0 saturated heterocycles. The van der Waals surface area contributed by atoms with E-state index in [0.717, 1.165) is 11.0 Å². The summed E-state index contributed by atoms with van der Waals surface area (Å²) in [6.07, 6.45) is 0. The second-order valence-electron chi connectivity index (χ2n) is 5.18. The van der Waals surface area contributed by atoms with E-state index in [4.69, 9.17) is 5.73 Å². The molecule has 0 fully saturated rings. The molecule has 1 atom stereocenters. The highest BCUT2D eigenvalue weighted by Gasteiger charge is 2.18. The molecule has 0 heterocycles. The van der Waals surface area contributed by atoms with Gasteiger partial charge in [0.15, 0.2) is 0 Å². The maximum absolute atomic E-state index is 6.00. The Balaban J connectivity index is 2.19. The van der Waals surface area contributed by atoms with E-state index < -0.39 is 0 Å². The minimum absolute atomic E-state index is 0.213. The lowest BCUT2D eigenvalue weighted by atomic mass is 10.0. The van der Waals surface area contributed by atoms with Gasteiger partial charge in [0.2, 0.25) is 0 Å². The van der Waals surface area contributed by atoms with Gasteiger partial charge in [0.1, 0.15) is 0 Å². The van der Waals surface area contributed by atoms with Crippen LogP contribution in [0.4, 0.5) is 0 Å². The van der Waals surface area contributed by atoms with Gasteiger partial charge >= 0.3 is 0 Å². The Morgan fingerprint density at radius 1 is 1.15 bits per heavy atom. The fraction of sp³-hybridized carbons (Fsp3) is 0.294. The SMILES string of the molecule is Cc1ccc(C(CN)N(C)Cc2ccccc2)c(Br)c1. The molecule has 2 aromatic carbocycles. The number of halogens is 1. The normalized spacial score (nSPS) is 12.7. The molecule has 106 valence electrons. The van der Waals surface area contributed by atoms with Crippen LogP contribution in [-0.2, 0) is 6.54 Å². The highest BCUT2D eigenvalue weighted by atomic mass is 79.9. The molecule has 2 rings (SSSR count). The van der Waals surface area contributed by atoms with Crippen molar-refractivity contribution in [1.82, 2.24) is 4.90 Å². The molecule has 0 saturated carbocycles. The fourth-order valence-electron chi connectivity index (χ4n) is 2.43. The minimum atomic E-state index is 0.213. The van der Waals surface area contributed by atoms with Crippen molar-refractivity contribution in [3.63, 3.8) is 0 Å². The van der Waals surface area contributed by atoms with Crippen molar-refractivity contribution in [2.24, 2.45) is 5.73 Å². The summed E-state index contributed by atoms with van der Waals surface area (Å²) >= 11 is 3.66. The van der Waals surface area contributed by atoms with Crippen molar-refractivity contribution >= 4 is 15.9 Å². The number of nitrogens with zero attached hydrogens (tertiary/aromatic N) is 1. The van der Waals surface area contributed by atoms with Crippen LogP contribution in [0.3, 0.4) is 0 Å². The van der Waals surface area contributed by atoms with Gasteiger partial charge in [-0.05, 0) is 36.7 Å². The molecule has 2 N–H and O–H groups in total. The van der Waals surface area contributed by atoms with Crippen LogP contribution in [0.5, 0.6) is 0 Å². The van der Waals surface area contributed by atoms with Crippen molar-refractivity contribution in [2.75, 3.05) is 13.6 Å². The quantitative estimate of drug-likeness (QED) is 0.899. The van der Waals surface area contributed by atoms with E-state index in [9.17, 15) is 0 Å². The third-order valence-corrected chi connectivity index (χ3v) is 4.23. The smallest absolute Gasteiger partial charge is 0.0482 e. The van der Waals surface area contributed by atoms with Gasteiger partial charge in [0.05, 0.1) is 0 Å². The molecular formula is C17H21BrN2. The summed E-state index contributed by atoms with van der Waals surface area (Å²) in [5.74, 6) is 0. The summed E-state index contributed by atoms with van der Waals surface area (Å²) in [7, 11) is 2.12. The van der Waals surface area contributed by atoms with Gasteiger partial charge in [-0.2, -0.15) is 0 Å². The summed E-state index contributed by atoms with van der Waals surface area (Å²) < 4.78 is 1.13. The zero-order valence-corrected chi connectivity index (χ0v) is 13.6. The second kappa shape index (κ2) is 7.02. The van der Waals surface area contributed by atoms with Crippen LogP contribution in [0.2, 0.25) is 0 Å². The Labute approximate surface area is 129 Å². The van der Waals surface area contributed by atoms with Gasteiger partial charge in [0, 0.05) is 23.6 Å². The number of hydrogen-bond acceptors (Lipinski definition) is 2. The van der Waals surface area contributed by atoms with E-state index in [-0.39, 0.29) is 6.04 Å². The number of rotatable bonds is 5. The molecule has 0 aliphatic rings. The third kappa shape index (κ3) is 3.69. The van der Waals surface area contributed by atoms with Gasteiger partial charge in [-0.25, -0.2) is 0 Å². The van der Waals surface area contributed by atoms with Crippen molar-refractivity contribution in [3.05, 3.63) is 69.7 Å². The van der Waals surface area contributed by atoms with Crippen molar-refractivity contribution in [2.45, 2.75) is 19.5 Å². The molecule has 0 amide bonds. The van der Waals surface area contributed by atoms with E-state index in [1.54, 1.807) is 0 Å². The van der Waals surface area contributed by atoms with E-state index >= 15 is 0 Å². The highest BCUT2D eigenvalue weighted by Crippen LogP contribution is 2.28. The molecule has 2 aromatic rings. The van der Waals surface area contributed by atoms with Gasteiger partial charge in [-0.15, -0.1) is 0 Å².